The first-order chi connectivity index (χ1) is 16.0. The number of pyridine rings is 1. The van der Waals surface area contributed by atoms with Crippen LogP contribution in [0.3, 0.4) is 0 Å². The minimum atomic E-state index is 0. The molecule has 0 aliphatic heterocycles. The van der Waals surface area contributed by atoms with Crippen molar-refractivity contribution in [2.24, 2.45) is 0 Å². The van der Waals surface area contributed by atoms with Gasteiger partial charge in [-0.25, -0.2) is 0 Å². The van der Waals surface area contributed by atoms with Crippen LogP contribution in [0.2, 0.25) is 0 Å². The molecule has 5 aromatic rings. The summed E-state index contributed by atoms with van der Waals surface area (Å²) in [4.78, 5) is 13.3. The molecule has 0 spiro atoms. The molecule has 0 unspecified atom stereocenters. The van der Waals surface area contributed by atoms with Crippen LogP contribution in [0.5, 0.6) is 0 Å². The summed E-state index contributed by atoms with van der Waals surface area (Å²) in [5.74, 6) is 0.250. The monoisotopic (exact) mass is 624 g/mol. The average molecular weight is 624 g/mol. The van der Waals surface area contributed by atoms with Crippen LogP contribution in [0.4, 0.5) is 0 Å². The molecule has 34 heavy (non-hydrogen) atoms. The number of allylic oxidation sites excluding steroid dienone is 2. The molecule has 0 amide bonds. The number of aliphatic hydroxyl groups is 1. The van der Waals surface area contributed by atoms with Crippen LogP contribution >= 0.6 is 0 Å². The second kappa shape index (κ2) is 11.5. The molecule has 3 nitrogen and oxygen atoms in total. The van der Waals surface area contributed by atoms with Crippen molar-refractivity contribution in [3.63, 3.8) is 0 Å². The Morgan fingerprint density at radius 2 is 1.56 bits per heavy atom. The molecule has 0 aliphatic carbocycles. The fraction of sp³-hybridized carbons (Fsp3) is 0.0667. The minimum Gasteiger partial charge on any atom is -0.512 e. The molecule has 0 saturated carbocycles. The summed E-state index contributed by atoms with van der Waals surface area (Å²) < 4.78 is 0. The first-order valence-corrected chi connectivity index (χ1v) is 10.8. The van der Waals surface area contributed by atoms with Crippen LogP contribution in [-0.4, -0.2) is 20.7 Å². The largest absolute Gasteiger partial charge is 0.512 e. The van der Waals surface area contributed by atoms with E-state index in [-0.39, 0.29) is 31.6 Å². The third-order valence-electron chi connectivity index (χ3n) is 5.20. The van der Waals surface area contributed by atoms with Gasteiger partial charge in [0.1, 0.15) is 0 Å². The van der Waals surface area contributed by atoms with Gasteiger partial charge in [-0.15, -0.1) is 35.9 Å². The number of carbonyl (C=O) groups excluding carboxylic acids is 1. The van der Waals surface area contributed by atoms with E-state index in [0.717, 1.165) is 16.8 Å². The Balaban J connectivity index is 0.000000357. The molecular formula is C30H25IrNO2. The molecule has 1 heterocycles. The summed E-state index contributed by atoms with van der Waals surface area (Å²) in [6.07, 6.45) is 1.28. The van der Waals surface area contributed by atoms with Crippen molar-refractivity contribution < 1.29 is 30.0 Å². The normalized spacial score (nSPS) is 10.8. The molecule has 4 aromatic carbocycles. The molecule has 2 N–H and O–H groups in total. The molecular weight excluding hydrogens is 599 g/mol. The summed E-state index contributed by atoms with van der Waals surface area (Å²) in [7, 11) is 0. The number of benzene rings is 4. The van der Waals surface area contributed by atoms with Gasteiger partial charge in [-0.2, -0.15) is 0 Å². The number of ketones is 1. The third kappa shape index (κ3) is 6.05. The van der Waals surface area contributed by atoms with Gasteiger partial charge in [0, 0.05) is 25.5 Å². The van der Waals surface area contributed by atoms with Gasteiger partial charge in [0.2, 0.25) is 0 Å². The molecule has 0 aliphatic rings. The summed E-state index contributed by atoms with van der Waals surface area (Å²) in [5.41, 5.74) is 5.45. The van der Waals surface area contributed by atoms with Gasteiger partial charge in [0.15, 0.2) is 0 Å². The first-order valence-electron chi connectivity index (χ1n) is 10.8. The SMILES string of the molecule is CC(=[OH+])/C=C(/C)O.[Ir].[c-]1ccccc1-c1ccc2c(ccc3ccc(-c4ccccc4)cc32)n1. The maximum atomic E-state index is 8.40. The Morgan fingerprint density at radius 3 is 2.21 bits per heavy atom. The molecule has 0 fully saturated rings. The van der Waals surface area contributed by atoms with Crippen LogP contribution in [0.15, 0.2) is 109 Å². The van der Waals surface area contributed by atoms with Crippen molar-refractivity contribution in [2.45, 2.75) is 13.8 Å². The summed E-state index contributed by atoms with van der Waals surface area (Å²) in [6, 6.07) is 36.9. The predicted molar refractivity (Wildman–Crippen MR) is 138 cm³/mol. The van der Waals surface area contributed by atoms with Crippen molar-refractivity contribution in [1.29, 1.82) is 0 Å². The minimum absolute atomic E-state index is 0. The van der Waals surface area contributed by atoms with E-state index in [1.165, 1.54) is 47.2 Å². The summed E-state index contributed by atoms with van der Waals surface area (Å²) >= 11 is 0. The van der Waals surface area contributed by atoms with Gasteiger partial charge >= 0.3 is 5.78 Å². The topological polar surface area (TPSA) is 54.5 Å². The Bertz CT molecular complexity index is 1440. The van der Waals surface area contributed by atoms with Crippen LogP contribution in [0.25, 0.3) is 44.1 Å². The third-order valence-corrected chi connectivity index (χ3v) is 5.20. The standard InChI is InChI=1S/C25H16N.C5H8O2.Ir/c1-3-7-18(8-4-1)21-12-11-19-13-15-25-22(23(19)17-21)14-16-24(26-25)20-9-5-2-6-10-20;1-4(6)3-5(2)7;/h1-9,11-17H;3,6H,1-2H3;/q-1;;/p+1/b;4-3-;. The van der Waals surface area contributed by atoms with Crippen LogP contribution in [0, 0.1) is 6.07 Å². The zero-order valence-corrected chi connectivity index (χ0v) is 21.4. The summed E-state index contributed by atoms with van der Waals surface area (Å²) in [6.45, 7) is 3.00. The quantitative estimate of drug-likeness (QED) is 0.0743. The van der Waals surface area contributed by atoms with E-state index in [2.05, 4.69) is 72.8 Å². The maximum absolute atomic E-state index is 8.40. The van der Waals surface area contributed by atoms with Gasteiger partial charge in [-0.05, 0) is 46.6 Å². The molecule has 0 bridgehead atoms. The maximum Gasteiger partial charge on any atom is 0.316 e. The van der Waals surface area contributed by atoms with E-state index in [1.54, 1.807) is 0 Å². The van der Waals surface area contributed by atoms with Gasteiger partial charge < -0.3 is 5.11 Å². The Morgan fingerprint density at radius 1 is 0.824 bits per heavy atom. The number of aromatic nitrogens is 1. The van der Waals surface area contributed by atoms with Crippen molar-refractivity contribution >= 4 is 27.5 Å². The van der Waals surface area contributed by atoms with E-state index in [9.17, 15) is 0 Å². The van der Waals surface area contributed by atoms with Crippen LogP contribution in [-0.2, 0) is 20.1 Å². The number of hydrogen-bond donors (Lipinski definition) is 1. The van der Waals surface area contributed by atoms with Gasteiger partial charge in [-0.1, -0.05) is 60.7 Å². The van der Waals surface area contributed by atoms with Gasteiger partial charge in [0.05, 0.1) is 24.3 Å². The summed E-state index contributed by atoms with van der Waals surface area (Å²) in [5, 5.41) is 12.1. The fourth-order valence-corrected chi connectivity index (χ4v) is 3.75. The molecule has 171 valence electrons. The van der Waals surface area contributed by atoms with Crippen molar-refractivity contribution in [1.82, 2.24) is 4.98 Å². The Labute approximate surface area is 213 Å². The number of fused-ring (bicyclic) bond motifs is 3. The van der Waals surface area contributed by atoms with E-state index >= 15 is 0 Å². The second-order valence-corrected chi connectivity index (χ2v) is 7.83. The number of aliphatic hydroxyl groups excluding tert-OH is 1. The second-order valence-electron chi connectivity index (χ2n) is 7.83. The Kier molecular flexibility index (Phi) is 8.48. The van der Waals surface area contributed by atoms with E-state index in [4.69, 9.17) is 14.9 Å². The van der Waals surface area contributed by atoms with Crippen LogP contribution < -0.4 is 0 Å². The molecule has 1 radical (unpaired) electrons. The van der Waals surface area contributed by atoms with Crippen molar-refractivity contribution in [3.05, 3.63) is 115 Å². The molecule has 0 atom stereocenters. The Hall–Kier alpha value is -3.59. The van der Waals surface area contributed by atoms with E-state index < -0.39 is 0 Å². The van der Waals surface area contributed by atoms with Gasteiger partial charge in [0.25, 0.3) is 0 Å². The number of hydrogen-bond acceptors (Lipinski definition) is 2. The molecule has 5 rings (SSSR count). The molecule has 4 heteroatoms. The fourth-order valence-electron chi connectivity index (χ4n) is 3.75. The van der Waals surface area contributed by atoms with E-state index in [0.29, 0.717) is 0 Å². The van der Waals surface area contributed by atoms with Crippen molar-refractivity contribution in [3.8, 4) is 22.4 Å². The number of nitrogens with zero attached hydrogens (tertiary/aromatic N) is 1. The zero-order chi connectivity index (χ0) is 23.2. The molecule has 0 saturated heterocycles. The average Bonchev–Trinajstić information content (AvgIpc) is 2.84. The van der Waals surface area contributed by atoms with E-state index in [1.807, 2.05) is 30.3 Å². The van der Waals surface area contributed by atoms with Crippen LogP contribution in [0.1, 0.15) is 13.8 Å². The number of rotatable bonds is 3. The van der Waals surface area contributed by atoms with Gasteiger partial charge in [-0.3, -0.25) is 9.78 Å². The molecule has 1 aromatic heterocycles. The predicted octanol–water partition coefficient (Wildman–Crippen LogP) is 7.53. The zero-order valence-electron chi connectivity index (χ0n) is 19.0. The van der Waals surface area contributed by atoms with Crippen molar-refractivity contribution in [2.75, 3.05) is 0 Å². The smallest absolute Gasteiger partial charge is 0.316 e. The first kappa shape index (κ1) is 25.0.